The molecule has 90 valence electrons. The van der Waals surface area contributed by atoms with Gasteiger partial charge in [-0.05, 0) is 12.0 Å². The largest absolute Gasteiger partial charge is 0.396 e. The van der Waals surface area contributed by atoms with Gasteiger partial charge in [0, 0.05) is 13.2 Å². The second-order valence-corrected chi connectivity index (χ2v) is 5.08. The monoisotopic (exact) mass is 336 g/mol. The maximum Gasteiger partial charge on any atom is 0.0964 e. The van der Waals surface area contributed by atoms with E-state index in [0.29, 0.717) is 13.0 Å². The zero-order valence-corrected chi connectivity index (χ0v) is 11.2. The van der Waals surface area contributed by atoms with Crippen LogP contribution in [0.3, 0.4) is 0 Å². The third-order valence-electron chi connectivity index (χ3n) is 2.23. The molecule has 0 radical (unpaired) electrons. The molecule has 0 spiro atoms. The Morgan fingerprint density at radius 3 is 2.44 bits per heavy atom. The molecule has 16 heavy (non-hydrogen) atoms. The van der Waals surface area contributed by atoms with Gasteiger partial charge in [0.15, 0.2) is 0 Å². The van der Waals surface area contributed by atoms with Crippen LogP contribution in [0.15, 0.2) is 30.3 Å². The summed E-state index contributed by atoms with van der Waals surface area (Å²) in [5.41, 5.74) is 1.06. The number of aliphatic hydroxyl groups is 2. The van der Waals surface area contributed by atoms with Gasteiger partial charge in [-0.15, -0.1) is 0 Å². The van der Waals surface area contributed by atoms with Crippen molar-refractivity contribution in [2.24, 2.45) is 0 Å². The first-order chi connectivity index (χ1) is 7.79. The summed E-state index contributed by atoms with van der Waals surface area (Å²) in [4.78, 5) is 0. The van der Waals surface area contributed by atoms with Crippen LogP contribution >= 0.6 is 22.6 Å². The molecule has 3 nitrogen and oxygen atoms in total. The quantitative estimate of drug-likeness (QED) is 0.454. The predicted octanol–water partition coefficient (Wildman–Crippen LogP) is 1.92. The van der Waals surface area contributed by atoms with Crippen molar-refractivity contribution in [1.29, 1.82) is 0 Å². The van der Waals surface area contributed by atoms with Crippen molar-refractivity contribution in [3.05, 3.63) is 35.9 Å². The molecule has 0 aromatic heterocycles. The molecule has 0 aliphatic rings. The van der Waals surface area contributed by atoms with Crippen molar-refractivity contribution < 1.29 is 14.9 Å². The lowest BCUT2D eigenvalue weighted by atomic mass is 10.1. The Labute approximate surface area is 110 Å². The van der Waals surface area contributed by atoms with Crippen LogP contribution in [0.2, 0.25) is 0 Å². The molecular weight excluding hydrogens is 319 g/mol. The number of hydrogen-bond acceptors (Lipinski definition) is 3. The van der Waals surface area contributed by atoms with Crippen molar-refractivity contribution in [1.82, 2.24) is 0 Å². The molecule has 1 aromatic rings. The van der Waals surface area contributed by atoms with Crippen LogP contribution in [-0.2, 0) is 4.74 Å². The number of halogens is 1. The van der Waals surface area contributed by atoms with Gasteiger partial charge in [0.1, 0.15) is 0 Å². The van der Waals surface area contributed by atoms with E-state index in [4.69, 9.17) is 9.84 Å². The molecule has 0 saturated carbocycles. The van der Waals surface area contributed by atoms with Crippen LogP contribution in [0.4, 0.5) is 0 Å². The molecular formula is C12H17IO3. The Morgan fingerprint density at radius 2 is 1.88 bits per heavy atom. The molecule has 4 heteroatoms. The average Bonchev–Trinajstić information content (AvgIpc) is 2.35. The molecule has 2 N–H and O–H groups in total. The molecule has 0 saturated heterocycles. The number of rotatable bonds is 7. The van der Waals surface area contributed by atoms with Crippen LogP contribution < -0.4 is 0 Å². The fourth-order valence-electron chi connectivity index (χ4n) is 1.42. The standard InChI is InChI=1S/C12H17IO3/c13-11(9-15)12(16-8-4-7-14)10-5-2-1-3-6-10/h1-3,5-6,11-12,14-15H,4,7-9H2/t11-,12+/m1/s1. The van der Waals surface area contributed by atoms with Crippen LogP contribution in [0.25, 0.3) is 0 Å². The van der Waals surface area contributed by atoms with E-state index in [1.807, 2.05) is 30.3 Å². The topological polar surface area (TPSA) is 49.7 Å². The first kappa shape index (κ1) is 13.9. The molecule has 0 bridgehead atoms. The van der Waals surface area contributed by atoms with E-state index >= 15 is 0 Å². The zero-order chi connectivity index (χ0) is 11.8. The Hall–Kier alpha value is -0.170. The van der Waals surface area contributed by atoms with Crippen molar-refractivity contribution >= 4 is 22.6 Å². The highest BCUT2D eigenvalue weighted by molar-refractivity contribution is 14.1. The summed E-state index contributed by atoms with van der Waals surface area (Å²) in [6, 6.07) is 9.85. The highest BCUT2D eigenvalue weighted by atomic mass is 127. The maximum atomic E-state index is 9.19. The van der Waals surface area contributed by atoms with Gasteiger partial charge < -0.3 is 14.9 Å². The molecule has 0 aliphatic carbocycles. The van der Waals surface area contributed by atoms with Crippen LogP contribution in [0.5, 0.6) is 0 Å². The third-order valence-corrected chi connectivity index (χ3v) is 3.28. The lowest BCUT2D eigenvalue weighted by Crippen LogP contribution is -2.20. The first-order valence-corrected chi connectivity index (χ1v) is 6.56. The summed E-state index contributed by atoms with van der Waals surface area (Å²) in [5.74, 6) is 0. The van der Waals surface area contributed by atoms with Crippen molar-refractivity contribution in [2.45, 2.75) is 16.4 Å². The molecule has 0 amide bonds. The van der Waals surface area contributed by atoms with Crippen molar-refractivity contribution in [2.75, 3.05) is 19.8 Å². The average molecular weight is 336 g/mol. The second-order valence-electron chi connectivity index (χ2n) is 3.48. The lowest BCUT2D eigenvalue weighted by Gasteiger charge is -2.22. The van der Waals surface area contributed by atoms with Crippen LogP contribution in [-0.4, -0.2) is 34.0 Å². The van der Waals surface area contributed by atoms with E-state index in [-0.39, 0.29) is 23.2 Å². The second kappa shape index (κ2) is 8.00. The molecule has 0 aliphatic heterocycles. The van der Waals surface area contributed by atoms with E-state index in [1.165, 1.54) is 0 Å². The molecule has 0 unspecified atom stereocenters. The first-order valence-electron chi connectivity index (χ1n) is 5.32. The molecule has 1 rings (SSSR count). The lowest BCUT2D eigenvalue weighted by molar-refractivity contribution is 0.0352. The Morgan fingerprint density at radius 1 is 1.19 bits per heavy atom. The van der Waals surface area contributed by atoms with Crippen LogP contribution in [0.1, 0.15) is 18.1 Å². The van der Waals surface area contributed by atoms with Gasteiger partial charge in [0.2, 0.25) is 0 Å². The fraction of sp³-hybridized carbons (Fsp3) is 0.500. The number of ether oxygens (including phenoxy) is 1. The summed E-state index contributed by atoms with van der Waals surface area (Å²) in [6.45, 7) is 0.724. The van der Waals surface area contributed by atoms with Crippen molar-refractivity contribution in [3.63, 3.8) is 0 Å². The van der Waals surface area contributed by atoms with E-state index in [2.05, 4.69) is 22.6 Å². The molecule has 1 aromatic carbocycles. The summed E-state index contributed by atoms with van der Waals surface area (Å²) in [5, 5.41) is 17.9. The Balaban J connectivity index is 2.64. The highest BCUT2D eigenvalue weighted by Gasteiger charge is 2.20. The summed E-state index contributed by atoms with van der Waals surface area (Å²) >= 11 is 2.19. The van der Waals surface area contributed by atoms with Crippen LogP contribution in [0, 0.1) is 0 Å². The van der Waals surface area contributed by atoms with Gasteiger partial charge in [-0.3, -0.25) is 0 Å². The van der Waals surface area contributed by atoms with Gasteiger partial charge in [-0.25, -0.2) is 0 Å². The van der Waals surface area contributed by atoms with Gasteiger partial charge in [0.05, 0.1) is 16.6 Å². The molecule has 0 heterocycles. The van der Waals surface area contributed by atoms with Crippen molar-refractivity contribution in [3.8, 4) is 0 Å². The van der Waals surface area contributed by atoms with E-state index < -0.39 is 0 Å². The number of alkyl halides is 1. The van der Waals surface area contributed by atoms with Gasteiger partial charge in [0.25, 0.3) is 0 Å². The van der Waals surface area contributed by atoms with Gasteiger partial charge in [-0.2, -0.15) is 0 Å². The summed E-state index contributed by atoms with van der Waals surface area (Å²) in [6.07, 6.45) is 0.510. The number of hydrogen-bond donors (Lipinski definition) is 2. The van der Waals surface area contributed by atoms with Gasteiger partial charge in [-0.1, -0.05) is 52.9 Å². The number of aliphatic hydroxyl groups excluding tert-OH is 2. The normalized spacial score (nSPS) is 14.7. The maximum absolute atomic E-state index is 9.19. The predicted molar refractivity (Wildman–Crippen MR) is 71.7 cm³/mol. The zero-order valence-electron chi connectivity index (χ0n) is 9.05. The highest BCUT2D eigenvalue weighted by Crippen LogP contribution is 2.26. The fourth-order valence-corrected chi connectivity index (χ4v) is 2.05. The summed E-state index contributed by atoms with van der Waals surface area (Å²) in [7, 11) is 0. The Bertz CT molecular complexity index is 279. The van der Waals surface area contributed by atoms with Gasteiger partial charge >= 0.3 is 0 Å². The number of benzene rings is 1. The SMILES string of the molecule is OCCCO[C@@H](c1ccccc1)[C@H](I)CO. The van der Waals surface area contributed by atoms with E-state index in [0.717, 1.165) is 5.56 Å². The van der Waals surface area contributed by atoms with E-state index in [9.17, 15) is 5.11 Å². The smallest absolute Gasteiger partial charge is 0.0964 e. The Kier molecular flexibility index (Phi) is 6.95. The third kappa shape index (κ3) is 4.37. The molecule has 2 atom stereocenters. The minimum Gasteiger partial charge on any atom is -0.396 e. The van der Waals surface area contributed by atoms with E-state index in [1.54, 1.807) is 0 Å². The minimum absolute atomic E-state index is 0.0266. The molecule has 0 fully saturated rings. The summed E-state index contributed by atoms with van der Waals surface area (Å²) < 4.78 is 5.72. The minimum atomic E-state index is -0.113.